The summed E-state index contributed by atoms with van der Waals surface area (Å²) in [5, 5.41) is 0. The van der Waals surface area contributed by atoms with Gasteiger partial charge in [0.05, 0.1) is 0 Å². The van der Waals surface area contributed by atoms with Gasteiger partial charge >= 0.3 is 0 Å². The highest BCUT2D eigenvalue weighted by molar-refractivity contribution is 5.76. The molecule has 0 bridgehead atoms. The topological polar surface area (TPSA) is 20.3 Å². The van der Waals surface area contributed by atoms with Gasteiger partial charge in [-0.25, -0.2) is 0 Å². The summed E-state index contributed by atoms with van der Waals surface area (Å²) in [6, 6.07) is 0.423. The molecule has 0 rings (SSSR count). The molecule has 0 aromatic rings. The Morgan fingerprint density at radius 1 is 0.895 bits per heavy atom. The molecule has 0 aliphatic carbocycles. The van der Waals surface area contributed by atoms with Crippen LogP contribution in [-0.2, 0) is 4.79 Å². The third-order valence-corrected chi connectivity index (χ3v) is 3.79. The molecule has 2 heteroatoms. The van der Waals surface area contributed by atoms with Crippen molar-refractivity contribution in [2.24, 2.45) is 0 Å². The number of unbranched alkanes of at least 4 members (excludes halogenated alkanes) is 5. The predicted molar refractivity (Wildman–Crippen MR) is 84.4 cm³/mol. The first-order valence-corrected chi connectivity index (χ1v) is 8.46. The summed E-state index contributed by atoms with van der Waals surface area (Å²) in [6.45, 7) is 9.74. The molecule has 0 spiro atoms. The zero-order valence-electron chi connectivity index (χ0n) is 13.7. The van der Waals surface area contributed by atoms with E-state index in [-0.39, 0.29) is 0 Å². The quantitative estimate of drug-likeness (QED) is 0.448. The number of hydrogen-bond acceptors (Lipinski definition) is 1. The molecule has 0 fully saturated rings. The van der Waals surface area contributed by atoms with Crippen LogP contribution in [0.5, 0.6) is 0 Å². The fraction of sp³-hybridized carbons (Fsp3) is 0.941. The minimum absolute atomic E-state index is 0.364. The highest BCUT2D eigenvalue weighted by atomic mass is 16.2. The Hall–Kier alpha value is -0.530. The van der Waals surface area contributed by atoms with E-state index in [2.05, 4.69) is 32.6 Å². The van der Waals surface area contributed by atoms with Gasteiger partial charge in [-0.05, 0) is 26.2 Å². The van der Waals surface area contributed by atoms with Crippen LogP contribution in [0.2, 0.25) is 0 Å². The van der Waals surface area contributed by atoms with E-state index >= 15 is 0 Å². The van der Waals surface area contributed by atoms with Crippen molar-refractivity contribution in [3.8, 4) is 0 Å². The number of nitrogens with zero attached hydrogens (tertiary/aromatic N) is 1. The predicted octanol–water partition coefficient (Wildman–Crippen LogP) is 5.16. The summed E-state index contributed by atoms with van der Waals surface area (Å²) in [5.41, 5.74) is 0. The zero-order valence-corrected chi connectivity index (χ0v) is 13.7. The van der Waals surface area contributed by atoms with Gasteiger partial charge in [0.1, 0.15) is 0 Å². The minimum atomic E-state index is 0.364. The normalized spacial score (nSPS) is 12.4. The van der Waals surface area contributed by atoms with Gasteiger partial charge in [0.15, 0.2) is 0 Å². The van der Waals surface area contributed by atoms with E-state index in [9.17, 15) is 4.79 Å². The van der Waals surface area contributed by atoms with Gasteiger partial charge in [0, 0.05) is 19.0 Å². The van der Waals surface area contributed by atoms with Gasteiger partial charge in [0.25, 0.3) is 0 Å². The van der Waals surface area contributed by atoms with Crippen LogP contribution in [0.25, 0.3) is 0 Å². The van der Waals surface area contributed by atoms with E-state index in [0.29, 0.717) is 18.4 Å². The van der Waals surface area contributed by atoms with Gasteiger partial charge in [-0.2, -0.15) is 0 Å². The van der Waals surface area contributed by atoms with Crippen molar-refractivity contribution in [3.63, 3.8) is 0 Å². The molecule has 0 aromatic carbocycles. The van der Waals surface area contributed by atoms with Crippen LogP contribution in [-0.4, -0.2) is 23.4 Å². The molecule has 0 aliphatic heterocycles. The molecule has 0 saturated carbocycles. The van der Waals surface area contributed by atoms with Crippen molar-refractivity contribution in [1.29, 1.82) is 0 Å². The first-order valence-electron chi connectivity index (χ1n) is 8.46. The second kappa shape index (κ2) is 12.5. The van der Waals surface area contributed by atoms with Crippen LogP contribution in [0.1, 0.15) is 91.9 Å². The first-order chi connectivity index (χ1) is 9.17. The molecule has 0 aromatic heterocycles. The third kappa shape index (κ3) is 9.07. The Kier molecular flexibility index (Phi) is 12.2. The van der Waals surface area contributed by atoms with Crippen LogP contribution < -0.4 is 0 Å². The number of hydrogen-bond donors (Lipinski definition) is 0. The van der Waals surface area contributed by atoms with Gasteiger partial charge in [-0.15, -0.1) is 0 Å². The van der Waals surface area contributed by atoms with Crippen LogP contribution in [0.15, 0.2) is 0 Å². The van der Waals surface area contributed by atoms with Crippen LogP contribution in [0, 0.1) is 0 Å². The largest absolute Gasteiger partial charge is 0.340 e. The minimum Gasteiger partial charge on any atom is -0.340 e. The van der Waals surface area contributed by atoms with Crippen molar-refractivity contribution >= 4 is 5.91 Å². The van der Waals surface area contributed by atoms with Crippen molar-refractivity contribution in [2.45, 2.75) is 97.9 Å². The number of rotatable bonds is 12. The summed E-state index contributed by atoms with van der Waals surface area (Å²) in [4.78, 5) is 14.4. The fourth-order valence-electron chi connectivity index (χ4n) is 2.50. The maximum Gasteiger partial charge on any atom is 0.222 e. The van der Waals surface area contributed by atoms with E-state index in [1.165, 1.54) is 44.9 Å². The molecule has 114 valence electrons. The second-order valence-electron chi connectivity index (χ2n) is 5.74. The Labute approximate surface area is 120 Å². The van der Waals surface area contributed by atoms with Gasteiger partial charge < -0.3 is 4.90 Å². The van der Waals surface area contributed by atoms with Gasteiger partial charge in [-0.1, -0.05) is 59.3 Å². The summed E-state index contributed by atoms with van der Waals surface area (Å²) in [6.07, 6.45) is 11.6. The van der Waals surface area contributed by atoms with Crippen molar-refractivity contribution in [2.75, 3.05) is 6.54 Å². The Morgan fingerprint density at radius 2 is 1.53 bits per heavy atom. The Bertz CT molecular complexity index is 215. The molecule has 1 unspecified atom stereocenters. The molecule has 0 radical (unpaired) electrons. The van der Waals surface area contributed by atoms with Gasteiger partial charge in [0.2, 0.25) is 5.91 Å². The monoisotopic (exact) mass is 269 g/mol. The lowest BCUT2D eigenvalue weighted by atomic mass is 10.1. The van der Waals surface area contributed by atoms with Crippen molar-refractivity contribution < 1.29 is 4.79 Å². The van der Waals surface area contributed by atoms with E-state index in [0.717, 1.165) is 19.4 Å². The average molecular weight is 269 g/mol. The lowest BCUT2D eigenvalue weighted by Crippen LogP contribution is -2.39. The van der Waals surface area contributed by atoms with Gasteiger partial charge in [-0.3, -0.25) is 4.79 Å². The molecule has 1 amide bonds. The van der Waals surface area contributed by atoms with E-state index < -0.39 is 0 Å². The Morgan fingerprint density at radius 3 is 2.11 bits per heavy atom. The maximum atomic E-state index is 12.2. The Balaban J connectivity index is 4.18. The van der Waals surface area contributed by atoms with Crippen LogP contribution in [0.4, 0.5) is 0 Å². The molecule has 0 N–H and O–H groups in total. The summed E-state index contributed by atoms with van der Waals surface area (Å²) >= 11 is 0. The van der Waals surface area contributed by atoms with Crippen molar-refractivity contribution in [3.05, 3.63) is 0 Å². The third-order valence-electron chi connectivity index (χ3n) is 3.79. The van der Waals surface area contributed by atoms with E-state index in [1.807, 2.05) is 0 Å². The molecule has 1 atom stereocenters. The standard InChI is InChI=1S/C17H35NO/c1-5-8-10-12-15-18(17(19)13-7-3)16(4)14-11-9-6-2/h16H,5-15H2,1-4H3. The molecular weight excluding hydrogens is 234 g/mol. The van der Waals surface area contributed by atoms with Crippen molar-refractivity contribution in [1.82, 2.24) is 4.90 Å². The SMILES string of the molecule is CCCCCCN(C(=O)CCC)C(C)CCCCC. The number of carbonyl (C=O) groups is 1. The highest BCUT2D eigenvalue weighted by Crippen LogP contribution is 2.13. The maximum absolute atomic E-state index is 12.2. The smallest absolute Gasteiger partial charge is 0.222 e. The number of carbonyl (C=O) groups excluding carboxylic acids is 1. The summed E-state index contributed by atoms with van der Waals surface area (Å²) in [5.74, 6) is 0.364. The molecule has 0 saturated heterocycles. The lowest BCUT2D eigenvalue weighted by Gasteiger charge is -2.29. The summed E-state index contributed by atoms with van der Waals surface area (Å²) < 4.78 is 0. The van der Waals surface area contributed by atoms with Crippen LogP contribution >= 0.6 is 0 Å². The highest BCUT2D eigenvalue weighted by Gasteiger charge is 2.18. The first kappa shape index (κ1) is 18.5. The number of amides is 1. The molecular formula is C17H35NO. The summed E-state index contributed by atoms with van der Waals surface area (Å²) in [7, 11) is 0. The van der Waals surface area contributed by atoms with E-state index in [4.69, 9.17) is 0 Å². The average Bonchev–Trinajstić information content (AvgIpc) is 2.39. The lowest BCUT2D eigenvalue weighted by molar-refractivity contribution is -0.133. The fourth-order valence-corrected chi connectivity index (χ4v) is 2.50. The van der Waals surface area contributed by atoms with E-state index in [1.54, 1.807) is 0 Å². The molecule has 0 heterocycles. The molecule has 0 aliphatic rings. The molecule has 2 nitrogen and oxygen atoms in total. The second-order valence-corrected chi connectivity index (χ2v) is 5.74. The van der Waals surface area contributed by atoms with Crippen LogP contribution in [0.3, 0.4) is 0 Å². The molecule has 19 heavy (non-hydrogen) atoms. The zero-order chi connectivity index (χ0) is 14.5.